The van der Waals surface area contributed by atoms with Crippen molar-refractivity contribution in [2.24, 2.45) is 0 Å². The lowest BCUT2D eigenvalue weighted by atomic mass is 10.1. The van der Waals surface area contributed by atoms with E-state index in [0.717, 1.165) is 22.2 Å². The second-order valence-corrected chi connectivity index (χ2v) is 7.48. The van der Waals surface area contributed by atoms with Gasteiger partial charge in [0.25, 0.3) is 5.56 Å². The summed E-state index contributed by atoms with van der Waals surface area (Å²) < 4.78 is 8.64. The summed E-state index contributed by atoms with van der Waals surface area (Å²) in [6.45, 7) is 3.88. The molecule has 2 aromatic carbocycles. The minimum absolute atomic E-state index is 0.0930. The lowest BCUT2D eigenvalue weighted by Gasteiger charge is -2.35. The molecule has 0 fully saturated rings. The quantitative estimate of drug-likeness (QED) is 0.478. The highest BCUT2D eigenvalue weighted by Gasteiger charge is 2.35. The van der Waals surface area contributed by atoms with Crippen LogP contribution >= 0.6 is 0 Å². The fourth-order valence-electron chi connectivity index (χ4n) is 4.12. The van der Waals surface area contributed by atoms with Crippen LogP contribution < -0.4 is 10.5 Å². The van der Waals surface area contributed by atoms with Crippen LogP contribution in [0.15, 0.2) is 59.5 Å². The first-order valence-electron chi connectivity index (χ1n) is 10.1. The summed E-state index contributed by atoms with van der Waals surface area (Å²) in [6, 6.07) is 15.7. The average molecular weight is 415 g/mol. The Morgan fingerprint density at radius 3 is 2.68 bits per heavy atom. The molecule has 0 radical (unpaired) electrons. The Hall–Kier alpha value is -3.94. The number of nitrogens with zero attached hydrogens (tertiary/aromatic N) is 5. The number of anilines is 2. The van der Waals surface area contributed by atoms with E-state index in [-0.39, 0.29) is 12.2 Å². The maximum absolute atomic E-state index is 13.6. The van der Waals surface area contributed by atoms with Gasteiger partial charge in [-0.2, -0.15) is 0 Å². The fraction of sp³-hybridized carbons (Fsp3) is 0.217. The van der Waals surface area contributed by atoms with Crippen molar-refractivity contribution in [1.29, 1.82) is 0 Å². The van der Waals surface area contributed by atoms with Gasteiger partial charge in [-0.3, -0.25) is 18.8 Å². The highest BCUT2D eigenvalue weighted by molar-refractivity contribution is 5.89. The van der Waals surface area contributed by atoms with E-state index in [1.54, 1.807) is 16.4 Å². The van der Waals surface area contributed by atoms with E-state index in [1.807, 2.05) is 67.1 Å². The number of carbonyl (C=O) groups is 1. The summed E-state index contributed by atoms with van der Waals surface area (Å²) in [5.74, 6) is 0.401. The molecule has 3 heterocycles. The van der Waals surface area contributed by atoms with Crippen LogP contribution in [0.3, 0.4) is 0 Å². The van der Waals surface area contributed by atoms with Crippen molar-refractivity contribution >= 4 is 28.9 Å². The number of rotatable bonds is 3. The van der Waals surface area contributed by atoms with Gasteiger partial charge in [0.2, 0.25) is 11.9 Å². The first kappa shape index (κ1) is 19.0. The Kier molecular flexibility index (Phi) is 4.35. The Morgan fingerprint density at radius 2 is 1.90 bits per heavy atom. The highest BCUT2D eigenvalue weighted by Crippen LogP contribution is 2.38. The van der Waals surface area contributed by atoms with Gasteiger partial charge in [-0.25, -0.2) is 14.8 Å². The van der Waals surface area contributed by atoms with Crippen LogP contribution in [-0.2, 0) is 4.74 Å². The standard InChI is InChI=1S/C23H21N5O3/c1-4-31-21(30)16-13-24-22-26(3)23-25-17-10-5-6-11-18(17)27(23)19(28(22)20(16)29)15-9-7-8-14(2)12-15/h5-13,19H,4H2,1-3H3. The van der Waals surface area contributed by atoms with E-state index in [1.165, 1.54) is 6.20 Å². The number of benzene rings is 2. The van der Waals surface area contributed by atoms with Crippen LogP contribution in [-0.4, -0.2) is 38.7 Å². The maximum atomic E-state index is 13.6. The first-order valence-corrected chi connectivity index (χ1v) is 10.1. The van der Waals surface area contributed by atoms with Crippen molar-refractivity contribution in [3.05, 3.63) is 81.8 Å². The molecule has 0 aliphatic carbocycles. The molecule has 0 saturated heterocycles. The van der Waals surface area contributed by atoms with Gasteiger partial charge >= 0.3 is 5.97 Å². The van der Waals surface area contributed by atoms with Gasteiger partial charge in [-0.1, -0.05) is 42.0 Å². The second kappa shape index (κ2) is 7.09. The molecule has 5 rings (SSSR count). The maximum Gasteiger partial charge on any atom is 0.345 e. The van der Waals surface area contributed by atoms with E-state index in [2.05, 4.69) is 4.98 Å². The smallest absolute Gasteiger partial charge is 0.345 e. The van der Waals surface area contributed by atoms with E-state index in [4.69, 9.17) is 9.72 Å². The minimum atomic E-state index is -0.678. The number of aryl methyl sites for hydroxylation is 1. The molecule has 0 bridgehead atoms. The molecule has 8 nitrogen and oxygen atoms in total. The number of esters is 1. The van der Waals surface area contributed by atoms with Crippen molar-refractivity contribution in [2.75, 3.05) is 18.6 Å². The molecule has 1 aliphatic rings. The molecular weight excluding hydrogens is 394 g/mol. The number of carbonyl (C=O) groups excluding carboxylic acids is 1. The van der Waals surface area contributed by atoms with Crippen LogP contribution in [0.4, 0.5) is 11.9 Å². The van der Waals surface area contributed by atoms with Crippen LogP contribution in [0.2, 0.25) is 0 Å². The molecule has 1 atom stereocenters. The van der Waals surface area contributed by atoms with Crippen molar-refractivity contribution in [3.8, 4) is 0 Å². The highest BCUT2D eigenvalue weighted by atomic mass is 16.5. The monoisotopic (exact) mass is 415 g/mol. The largest absolute Gasteiger partial charge is 0.462 e. The number of para-hydroxylation sites is 2. The van der Waals surface area contributed by atoms with E-state index >= 15 is 0 Å². The molecule has 31 heavy (non-hydrogen) atoms. The SMILES string of the molecule is CCOC(=O)c1cnc2n(c1=O)C(c1cccc(C)c1)n1c(nc3ccccc31)N2C. The summed E-state index contributed by atoms with van der Waals surface area (Å²) >= 11 is 0. The van der Waals surface area contributed by atoms with Gasteiger partial charge in [-0.15, -0.1) is 0 Å². The third-order valence-corrected chi connectivity index (χ3v) is 5.48. The Morgan fingerprint density at radius 1 is 1.10 bits per heavy atom. The van der Waals surface area contributed by atoms with E-state index < -0.39 is 17.7 Å². The zero-order chi connectivity index (χ0) is 21.7. The van der Waals surface area contributed by atoms with Crippen molar-refractivity contribution < 1.29 is 9.53 Å². The summed E-state index contributed by atoms with van der Waals surface area (Å²) in [5.41, 5.74) is 3.10. The number of aromatic nitrogens is 4. The third kappa shape index (κ3) is 2.83. The molecule has 0 saturated carbocycles. The number of ether oxygens (including phenoxy) is 1. The van der Waals surface area contributed by atoms with Gasteiger partial charge < -0.3 is 4.74 Å². The van der Waals surface area contributed by atoms with Gasteiger partial charge in [0.15, 0.2) is 0 Å². The van der Waals surface area contributed by atoms with E-state index in [9.17, 15) is 9.59 Å². The second-order valence-electron chi connectivity index (χ2n) is 7.48. The summed E-state index contributed by atoms with van der Waals surface area (Å²) in [6.07, 6.45) is 0.733. The molecule has 156 valence electrons. The topological polar surface area (TPSA) is 82.2 Å². The first-order chi connectivity index (χ1) is 15.0. The third-order valence-electron chi connectivity index (χ3n) is 5.48. The molecule has 1 aliphatic heterocycles. The molecule has 0 spiro atoms. The summed E-state index contributed by atoms with van der Waals surface area (Å²) in [4.78, 5) is 37.0. The summed E-state index contributed by atoms with van der Waals surface area (Å²) in [7, 11) is 1.81. The Labute approximate surface area is 178 Å². The summed E-state index contributed by atoms with van der Waals surface area (Å²) in [5, 5.41) is 0. The molecule has 8 heteroatoms. The zero-order valence-electron chi connectivity index (χ0n) is 17.4. The predicted molar refractivity (Wildman–Crippen MR) is 117 cm³/mol. The Balaban J connectivity index is 1.86. The van der Waals surface area contributed by atoms with Crippen molar-refractivity contribution in [3.63, 3.8) is 0 Å². The molecule has 4 aromatic rings. The molecule has 2 aromatic heterocycles. The van der Waals surface area contributed by atoms with Crippen molar-refractivity contribution in [2.45, 2.75) is 20.0 Å². The van der Waals surface area contributed by atoms with Crippen LogP contribution in [0.1, 0.15) is 34.6 Å². The van der Waals surface area contributed by atoms with Gasteiger partial charge in [0, 0.05) is 7.05 Å². The van der Waals surface area contributed by atoms with Gasteiger partial charge in [0.05, 0.1) is 23.8 Å². The van der Waals surface area contributed by atoms with Crippen LogP contribution in [0.5, 0.6) is 0 Å². The van der Waals surface area contributed by atoms with E-state index in [0.29, 0.717) is 11.9 Å². The van der Waals surface area contributed by atoms with Crippen LogP contribution in [0.25, 0.3) is 11.0 Å². The lowest BCUT2D eigenvalue weighted by Crippen LogP contribution is -2.42. The van der Waals surface area contributed by atoms with Gasteiger partial charge in [-0.05, 0) is 31.5 Å². The van der Waals surface area contributed by atoms with Gasteiger partial charge in [0.1, 0.15) is 11.7 Å². The predicted octanol–water partition coefficient (Wildman–Crippen LogP) is 3.25. The minimum Gasteiger partial charge on any atom is -0.462 e. The molecule has 1 unspecified atom stereocenters. The zero-order valence-corrected chi connectivity index (χ0v) is 17.4. The molecular formula is C23H21N5O3. The molecule has 0 amide bonds. The average Bonchev–Trinajstić information content (AvgIpc) is 3.15. The van der Waals surface area contributed by atoms with Crippen molar-refractivity contribution in [1.82, 2.24) is 19.1 Å². The fourth-order valence-corrected chi connectivity index (χ4v) is 4.12. The number of hydrogen-bond donors (Lipinski definition) is 0. The number of fused-ring (bicyclic) bond motifs is 4. The Bertz CT molecular complexity index is 1390. The molecule has 0 N–H and O–H groups in total. The number of imidazole rings is 1. The lowest BCUT2D eigenvalue weighted by molar-refractivity contribution is 0.0522. The normalized spacial score (nSPS) is 14.9. The number of hydrogen-bond acceptors (Lipinski definition) is 6. The van der Waals surface area contributed by atoms with Crippen LogP contribution in [0, 0.1) is 6.92 Å².